The van der Waals surface area contributed by atoms with E-state index in [4.69, 9.17) is 9.15 Å². The fraction of sp³-hybridized carbons (Fsp3) is 0.438. The van der Waals surface area contributed by atoms with Gasteiger partial charge in [-0.3, -0.25) is 4.79 Å². The molecule has 0 radical (unpaired) electrons. The van der Waals surface area contributed by atoms with Gasteiger partial charge < -0.3 is 14.1 Å². The second-order valence-electron chi connectivity index (χ2n) is 5.98. The first-order chi connectivity index (χ1) is 11.9. The van der Waals surface area contributed by atoms with Crippen molar-refractivity contribution in [1.82, 2.24) is 15.1 Å². The van der Waals surface area contributed by atoms with Gasteiger partial charge in [0, 0.05) is 30.8 Å². The van der Waals surface area contributed by atoms with Crippen LogP contribution in [-0.2, 0) is 9.84 Å². The molecule has 1 aromatic carbocycles. The van der Waals surface area contributed by atoms with Crippen LogP contribution in [0, 0.1) is 0 Å². The third kappa shape index (κ3) is 3.81. The lowest BCUT2D eigenvalue weighted by atomic mass is 9.96. The number of benzene rings is 1. The number of ether oxygens (including phenoxy) is 1. The Hall–Kier alpha value is -2.42. The van der Waals surface area contributed by atoms with Gasteiger partial charge in [-0.2, -0.15) is 0 Å². The number of amides is 1. The van der Waals surface area contributed by atoms with Crippen LogP contribution in [-0.4, -0.2) is 55.9 Å². The average Bonchev–Trinajstić information content (AvgIpc) is 3.12. The van der Waals surface area contributed by atoms with Gasteiger partial charge in [-0.05, 0) is 31.0 Å². The quantitative estimate of drug-likeness (QED) is 0.809. The summed E-state index contributed by atoms with van der Waals surface area (Å²) in [7, 11) is -1.94. The van der Waals surface area contributed by atoms with Crippen molar-refractivity contribution in [1.29, 1.82) is 0 Å². The highest BCUT2D eigenvalue weighted by atomic mass is 32.2. The van der Waals surface area contributed by atoms with E-state index < -0.39 is 9.84 Å². The zero-order valence-corrected chi connectivity index (χ0v) is 14.8. The maximum atomic E-state index is 12.6. The standard InChI is InChI=1S/C16H19N3O5S/c1-23-13-5-3-4-12(10-13)15(20)19-8-6-11(7-9-19)14-17-18-16(24-14)25(2,21)22/h3-5,10-11H,6-9H2,1-2H3. The van der Waals surface area contributed by atoms with Crippen LogP contribution in [0.25, 0.3) is 0 Å². The maximum absolute atomic E-state index is 12.6. The van der Waals surface area contributed by atoms with E-state index in [0.29, 0.717) is 43.1 Å². The second kappa shape index (κ2) is 6.83. The third-order valence-electron chi connectivity index (χ3n) is 4.19. The molecule has 0 unspecified atom stereocenters. The Morgan fingerprint density at radius 3 is 2.60 bits per heavy atom. The first-order valence-electron chi connectivity index (χ1n) is 7.85. The largest absolute Gasteiger partial charge is 0.497 e. The molecule has 1 amide bonds. The van der Waals surface area contributed by atoms with Crippen LogP contribution in [0.4, 0.5) is 0 Å². The number of nitrogens with zero attached hydrogens (tertiary/aromatic N) is 3. The highest BCUT2D eigenvalue weighted by Crippen LogP contribution is 2.28. The highest BCUT2D eigenvalue weighted by molar-refractivity contribution is 7.90. The lowest BCUT2D eigenvalue weighted by Crippen LogP contribution is -2.38. The molecule has 0 spiro atoms. The Bertz CT molecular complexity index is 869. The summed E-state index contributed by atoms with van der Waals surface area (Å²) in [4.78, 5) is 14.3. The Labute approximate surface area is 145 Å². The van der Waals surface area contributed by atoms with Crippen LogP contribution in [0.3, 0.4) is 0 Å². The van der Waals surface area contributed by atoms with Gasteiger partial charge in [0.15, 0.2) is 0 Å². The van der Waals surface area contributed by atoms with Crippen molar-refractivity contribution >= 4 is 15.7 Å². The van der Waals surface area contributed by atoms with Crippen LogP contribution in [0.2, 0.25) is 0 Å². The van der Waals surface area contributed by atoms with Gasteiger partial charge in [0.2, 0.25) is 15.7 Å². The van der Waals surface area contributed by atoms with E-state index in [-0.39, 0.29) is 17.0 Å². The number of hydrogen-bond donors (Lipinski definition) is 0. The molecule has 2 heterocycles. The van der Waals surface area contributed by atoms with Crippen molar-refractivity contribution in [3.8, 4) is 5.75 Å². The van der Waals surface area contributed by atoms with Crippen LogP contribution >= 0.6 is 0 Å². The number of methoxy groups -OCH3 is 1. The van der Waals surface area contributed by atoms with Gasteiger partial charge in [-0.15, -0.1) is 5.10 Å². The van der Waals surface area contributed by atoms with Crippen molar-refractivity contribution in [3.05, 3.63) is 35.7 Å². The number of carbonyl (C=O) groups is 1. The molecule has 3 rings (SSSR count). The molecule has 134 valence electrons. The molecular weight excluding hydrogens is 346 g/mol. The van der Waals surface area contributed by atoms with Gasteiger partial charge in [0.1, 0.15) is 5.75 Å². The van der Waals surface area contributed by atoms with Gasteiger partial charge in [0.05, 0.1) is 7.11 Å². The van der Waals surface area contributed by atoms with Crippen LogP contribution < -0.4 is 4.74 Å². The molecule has 0 saturated carbocycles. The van der Waals surface area contributed by atoms with Crippen molar-refractivity contribution in [2.75, 3.05) is 26.5 Å². The van der Waals surface area contributed by atoms with Gasteiger partial charge >= 0.3 is 5.22 Å². The minimum atomic E-state index is -3.50. The highest BCUT2D eigenvalue weighted by Gasteiger charge is 2.29. The van der Waals surface area contributed by atoms with E-state index in [1.54, 1.807) is 36.3 Å². The molecule has 1 saturated heterocycles. The Balaban J connectivity index is 1.65. The number of carbonyl (C=O) groups excluding carboxylic acids is 1. The number of rotatable bonds is 4. The van der Waals surface area contributed by atoms with Crippen molar-refractivity contribution in [2.24, 2.45) is 0 Å². The number of piperidine rings is 1. The molecule has 8 nitrogen and oxygen atoms in total. The zero-order valence-electron chi connectivity index (χ0n) is 14.0. The Morgan fingerprint density at radius 1 is 1.28 bits per heavy atom. The molecule has 1 aromatic heterocycles. The SMILES string of the molecule is COc1cccc(C(=O)N2CCC(c3nnc(S(C)(=O)=O)o3)CC2)c1. The second-order valence-corrected chi connectivity index (χ2v) is 7.87. The van der Waals surface area contributed by atoms with Gasteiger partial charge in [-0.1, -0.05) is 11.2 Å². The summed E-state index contributed by atoms with van der Waals surface area (Å²) in [5.41, 5.74) is 0.579. The first kappa shape index (κ1) is 17.4. The fourth-order valence-corrected chi connectivity index (χ4v) is 3.23. The van der Waals surface area contributed by atoms with Crippen molar-refractivity contribution in [2.45, 2.75) is 24.0 Å². The van der Waals surface area contributed by atoms with E-state index in [1.165, 1.54) is 0 Å². The smallest absolute Gasteiger partial charge is 0.335 e. The van der Waals surface area contributed by atoms with E-state index >= 15 is 0 Å². The number of sulfone groups is 1. The van der Waals surface area contributed by atoms with Gasteiger partial charge in [-0.25, -0.2) is 8.42 Å². The van der Waals surface area contributed by atoms with E-state index in [9.17, 15) is 13.2 Å². The fourth-order valence-electron chi connectivity index (χ4n) is 2.80. The number of likely N-dealkylation sites (tertiary alicyclic amines) is 1. The summed E-state index contributed by atoms with van der Waals surface area (Å²) in [5, 5.41) is 7.06. The maximum Gasteiger partial charge on any atom is 0.335 e. The van der Waals surface area contributed by atoms with Crippen molar-refractivity contribution < 1.29 is 22.4 Å². The average molecular weight is 365 g/mol. The molecule has 1 aliphatic heterocycles. The Kier molecular flexibility index (Phi) is 4.76. The summed E-state index contributed by atoms with van der Waals surface area (Å²) in [6.45, 7) is 1.08. The summed E-state index contributed by atoms with van der Waals surface area (Å²) < 4.78 is 33.3. The number of aromatic nitrogens is 2. The van der Waals surface area contributed by atoms with Crippen molar-refractivity contribution in [3.63, 3.8) is 0 Å². The molecule has 0 N–H and O–H groups in total. The van der Waals surface area contributed by atoms with Crippen LogP contribution in [0.1, 0.15) is 35.0 Å². The predicted octanol–water partition coefficient (Wildman–Crippen LogP) is 1.50. The van der Waals surface area contributed by atoms with E-state index in [1.807, 2.05) is 0 Å². The lowest BCUT2D eigenvalue weighted by molar-refractivity contribution is 0.0705. The lowest BCUT2D eigenvalue weighted by Gasteiger charge is -2.30. The molecule has 1 fully saturated rings. The molecule has 9 heteroatoms. The molecule has 0 atom stereocenters. The molecule has 25 heavy (non-hydrogen) atoms. The first-order valence-corrected chi connectivity index (χ1v) is 9.74. The molecular formula is C16H19N3O5S. The molecule has 1 aliphatic rings. The van der Waals surface area contributed by atoms with Gasteiger partial charge in [0.25, 0.3) is 5.91 Å². The predicted molar refractivity (Wildman–Crippen MR) is 88.3 cm³/mol. The van der Waals surface area contributed by atoms with E-state index in [2.05, 4.69) is 10.2 Å². The van der Waals surface area contributed by atoms with Crippen LogP contribution in [0.15, 0.2) is 33.9 Å². The van der Waals surface area contributed by atoms with E-state index in [0.717, 1.165) is 6.26 Å². The third-order valence-corrected chi connectivity index (χ3v) is 4.99. The summed E-state index contributed by atoms with van der Waals surface area (Å²) in [6, 6.07) is 7.04. The summed E-state index contributed by atoms with van der Waals surface area (Å²) in [5.74, 6) is 0.853. The normalized spacial score (nSPS) is 16.0. The number of hydrogen-bond acceptors (Lipinski definition) is 7. The topological polar surface area (TPSA) is 103 Å². The zero-order chi connectivity index (χ0) is 18.0. The Morgan fingerprint density at radius 2 is 2.00 bits per heavy atom. The van der Waals surface area contributed by atoms with Crippen LogP contribution in [0.5, 0.6) is 5.75 Å². The summed E-state index contributed by atoms with van der Waals surface area (Å²) >= 11 is 0. The monoisotopic (exact) mass is 365 g/mol. The minimum absolute atomic E-state index is 0.0441. The molecule has 0 bridgehead atoms. The molecule has 0 aliphatic carbocycles. The molecule has 2 aromatic rings. The minimum Gasteiger partial charge on any atom is -0.497 e. The summed E-state index contributed by atoms with van der Waals surface area (Å²) in [6.07, 6.45) is 2.31.